The van der Waals surface area contributed by atoms with Gasteiger partial charge in [-0.15, -0.1) is 5.48 Å². The zero-order chi connectivity index (χ0) is 13.3. The SMILES string of the molecule is C=C(C)C(=O)OCCNOC(=O)/C=C\C(=O)O. The molecule has 0 aromatic rings. The molecule has 0 amide bonds. The van der Waals surface area contributed by atoms with Crippen molar-refractivity contribution < 1.29 is 29.1 Å². The molecule has 0 aromatic heterocycles. The molecule has 0 aliphatic rings. The molecule has 0 bridgehead atoms. The minimum Gasteiger partial charge on any atom is -0.478 e. The number of carbonyl (C=O) groups excluding carboxylic acids is 2. The van der Waals surface area contributed by atoms with Crippen LogP contribution in [0, 0.1) is 0 Å². The Balaban J connectivity index is 3.59. The second-order valence-electron chi connectivity index (χ2n) is 2.90. The van der Waals surface area contributed by atoms with Crippen LogP contribution in [0.2, 0.25) is 0 Å². The quantitative estimate of drug-likeness (QED) is 0.276. The highest BCUT2D eigenvalue weighted by atomic mass is 16.7. The molecular formula is C10H13NO6. The Hall–Kier alpha value is -2.15. The number of hydrogen-bond donors (Lipinski definition) is 2. The van der Waals surface area contributed by atoms with E-state index in [0.29, 0.717) is 6.08 Å². The van der Waals surface area contributed by atoms with Crippen molar-refractivity contribution in [3.05, 3.63) is 24.3 Å². The van der Waals surface area contributed by atoms with Gasteiger partial charge in [-0.1, -0.05) is 6.58 Å². The lowest BCUT2D eigenvalue weighted by atomic mass is 10.4. The van der Waals surface area contributed by atoms with Crippen LogP contribution in [-0.4, -0.2) is 36.2 Å². The Morgan fingerprint density at radius 3 is 2.53 bits per heavy atom. The van der Waals surface area contributed by atoms with Gasteiger partial charge in [0.05, 0.1) is 6.54 Å². The third kappa shape index (κ3) is 8.82. The van der Waals surface area contributed by atoms with Crippen molar-refractivity contribution in [1.29, 1.82) is 0 Å². The van der Waals surface area contributed by atoms with E-state index >= 15 is 0 Å². The van der Waals surface area contributed by atoms with Crippen molar-refractivity contribution >= 4 is 17.9 Å². The number of esters is 1. The van der Waals surface area contributed by atoms with E-state index < -0.39 is 17.9 Å². The number of ether oxygens (including phenoxy) is 1. The third-order valence-corrected chi connectivity index (χ3v) is 1.32. The van der Waals surface area contributed by atoms with Crippen LogP contribution in [0.5, 0.6) is 0 Å². The Bertz CT molecular complexity index is 347. The fourth-order valence-electron chi connectivity index (χ4n) is 0.604. The lowest BCUT2D eigenvalue weighted by Crippen LogP contribution is -2.24. The first-order chi connectivity index (χ1) is 7.93. The standard InChI is InChI=1S/C10H13NO6/c1-7(2)10(15)16-6-5-11-17-9(14)4-3-8(12)13/h3-4,11H,1,5-6H2,2H3,(H,12,13)/b4-3-. The summed E-state index contributed by atoms with van der Waals surface area (Å²) in [6.07, 6.45) is 1.39. The van der Waals surface area contributed by atoms with Crippen LogP contribution < -0.4 is 5.48 Å². The molecule has 7 nitrogen and oxygen atoms in total. The van der Waals surface area contributed by atoms with Gasteiger partial charge in [0.25, 0.3) is 0 Å². The lowest BCUT2D eigenvalue weighted by Gasteiger charge is -2.05. The second kappa shape index (κ2) is 8.05. The van der Waals surface area contributed by atoms with Gasteiger partial charge in [0.2, 0.25) is 0 Å². The molecule has 0 aliphatic heterocycles. The predicted molar refractivity (Wildman–Crippen MR) is 56.6 cm³/mol. The molecule has 0 aromatic carbocycles. The van der Waals surface area contributed by atoms with Gasteiger partial charge in [-0.05, 0) is 6.92 Å². The molecule has 7 heteroatoms. The number of nitrogens with one attached hydrogen (secondary N) is 1. The van der Waals surface area contributed by atoms with Gasteiger partial charge in [-0.25, -0.2) is 14.4 Å². The Labute approximate surface area is 97.7 Å². The van der Waals surface area contributed by atoms with E-state index in [1.54, 1.807) is 0 Å². The van der Waals surface area contributed by atoms with Gasteiger partial charge in [0.1, 0.15) is 6.61 Å². The first-order valence-electron chi connectivity index (χ1n) is 4.60. The molecule has 0 saturated carbocycles. The van der Waals surface area contributed by atoms with E-state index in [1.165, 1.54) is 6.92 Å². The van der Waals surface area contributed by atoms with E-state index in [1.807, 2.05) is 0 Å². The van der Waals surface area contributed by atoms with Crippen LogP contribution in [0.15, 0.2) is 24.3 Å². The summed E-state index contributed by atoms with van der Waals surface area (Å²) in [4.78, 5) is 36.1. The molecule has 0 saturated heterocycles. The molecule has 0 unspecified atom stereocenters. The van der Waals surface area contributed by atoms with E-state index in [9.17, 15) is 14.4 Å². The van der Waals surface area contributed by atoms with Gasteiger partial charge in [-0.2, -0.15) is 0 Å². The highest BCUT2D eigenvalue weighted by Crippen LogP contribution is 1.90. The summed E-state index contributed by atoms with van der Waals surface area (Å²) in [5.74, 6) is -2.65. The molecule has 0 atom stereocenters. The summed E-state index contributed by atoms with van der Waals surface area (Å²) in [6.45, 7) is 4.97. The zero-order valence-electron chi connectivity index (χ0n) is 9.26. The summed E-state index contributed by atoms with van der Waals surface area (Å²) < 4.78 is 4.68. The van der Waals surface area contributed by atoms with Crippen LogP contribution in [-0.2, 0) is 24.0 Å². The molecule has 94 valence electrons. The minimum absolute atomic E-state index is 0.00161. The van der Waals surface area contributed by atoms with Gasteiger partial charge in [-0.3, -0.25) is 0 Å². The number of aliphatic carboxylic acids is 1. The first kappa shape index (κ1) is 14.8. The maximum atomic E-state index is 10.9. The minimum atomic E-state index is -1.25. The first-order valence-corrected chi connectivity index (χ1v) is 4.60. The van der Waals surface area contributed by atoms with Crippen molar-refractivity contribution in [2.75, 3.05) is 13.2 Å². The van der Waals surface area contributed by atoms with Crippen molar-refractivity contribution in [3.63, 3.8) is 0 Å². The molecule has 0 fully saturated rings. The topological polar surface area (TPSA) is 102 Å². The number of carboxylic acids is 1. The number of carboxylic acid groups (broad SMARTS) is 1. The van der Waals surface area contributed by atoms with Crippen LogP contribution in [0.1, 0.15) is 6.92 Å². The lowest BCUT2D eigenvalue weighted by molar-refractivity contribution is -0.147. The number of hydroxylamine groups is 1. The third-order valence-electron chi connectivity index (χ3n) is 1.32. The van der Waals surface area contributed by atoms with E-state index in [-0.39, 0.29) is 18.7 Å². The van der Waals surface area contributed by atoms with E-state index in [2.05, 4.69) is 21.6 Å². The molecule has 0 aliphatic carbocycles. The van der Waals surface area contributed by atoms with Crippen LogP contribution in [0.25, 0.3) is 0 Å². The number of carbonyl (C=O) groups is 3. The van der Waals surface area contributed by atoms with Crippen molar-refractivity contribution in [3.8, 4) is 0 Å². The van der Waals surface area contributed by atoms with Crippen LogP contribution in [0.3, 0.4) is 0 Å². The summed E-state index contributed by atoms with van der Waals surface area (Å²) in [7, 11) is 0. The van der Waals surface area contributed by atoms with Crippen molar-refractivity contribution in [2.45, 2.75) is 6.92 Å². The number of rotatable bonds is 7. The molecule has 0 heterocycles. The second-order valence-corrected chi connectivity index (χ2v) is 2.90. The molecule has 0 radical (unpaired) electrons. The maximum Gasteiger partial charge on any atom is 0.349 e. The molecule has 2 N–H and O–H groups in total. The largest absolute Gasteiger partial charge is 0.478 e. The monoisotopic (exact) mass is 243 g/mol. The summed E-state index contributed by atoms with van der Waals surface area (Å²) >= 11 is 0. The molecule has 17 heavy (non-hydrogen) atoms. The molecule has 0 rings (SSSR count). The highest BCUT2D eigenvalue weighted by Gasteiger charge is 2.02. The van der Waals surface area contributed by atoms with E-state index in [0.717, 1.165) is 6.08 Å². The van der Waals surface area contributed by atoms with Gasteiger partial charge >= 0.3 is 17.9 Å². The molecule has 0 spiro atoms. The van der Waals surface area contributed by atoms with Gasteiger partial charge in [0, 0.05) is 17.7 Å². The maximum absolute atomic E-state index is 10.9. The van der Waals surface area contributed by atoms with E-state index in [4.69, 9.17) is 5.11 Å². The highest BCUT2D eigenvalue weighted by molar-refractivity contribution is 5.90. The summed E-state index contributed by atoms with van der Waals surface area (Å²) in [5.41, 5.74) is 2.47. The van der Waals surface area contributed by atoms with Gasteiger partial charge < -0.3 is 14.7 Å². The Kier molecular flexibility index (Phi) is 7.04. The van der Waals surface area contributed by atoms with Gasteiger partial charge in [0.15, 0.2) is 0 Å². The average Bonchev–Trinajstić information content (AvgIpc) is 2.25. The summed E-state index contributed by atoms with van der Waals surface area (Å²) in [6, 6.07) is 0. The Morgan fingerprint density at radius 1 is 1.35 bits per heavy atom. The molecular weight excluding hydrogens is 230 g/mol. The fraction of sp³-hybridized carbons (Fsp3) is 0.300. The Morgan fingerprint density at radius 2 is 2.00 bits per heavy atom. The smallest absolute Gasteiger partial charge is 0.349 e. The van der Waals surface area contributed by atoms with Crippen molar-refractivity contribution in [2.24, 2.45) is 0 Å². The van der Waals surface area contributed by atoms with Crippen LogP contribution >= 0.6 is 0 Å². The van der Waals surface area contributed by atoms with Crippen molar-refractivity contribution in [1.82, 2.24) is 5.48 Å². The summed E-state index contributed by atoms with van der Waals surface area (Å²) in [5, 5.41) is 8.20. The average molecular weight is 243 g/mol. The normalized spacial score (nSPS) is 9.94. The zero-order valence-corrected chi connectivity index (χ0v) is 9.26. The number of hydrogen-bond acceptors (Lipinski definition) is 6. The predicted octanol–water partition coefficient (Wildman–Crippen LogP) is -0.206. The fourth-order valence-corrected chi connectivity index (χ4v) is 0.604. The van der Waals surface area contributed by atoms with Crippen LogP contribution in [0.4, 0.5) is 0 Å².